The van der Waals surface area contributed by atoms with Gasteiger partial charge in [-0.1, -0.05) is 79.7 Å². The van der Waals surface area contributed by atoms with E-state index in [4.69, 9.17) is 0 Å². The van der Waals surface area contributed by atoms with Crippen molar-refractivity contribution in [3.63, 3.8) is 0 Å². The zero-order valence-electron chi connectivity index (χ0n) is 17.0. The second-order valence-corrected chi connectivity index (χ2v) is 9.14. The lowest BCUT2D eigenvalue weighted by Gasteiger charge is -2.26. The summed E-state index contributed by atoms with van der Waals surface area (Å²) < 4.78 is 0. The molecule has 0 atom stereocenters. The molecule has 2 nitrogen and oxygen atoms in total. The normalized spacial score (nSPS) is 13.0. The first-order valence-electron chi connectivity index (χ1n) is 9.16. The van der Waals surface area contributed by atoms with Gasteiger partial charge in [0.05, 0.1) is 11.4 Å². The van der Waals surface area contributed by atoms with Gasteiger partial charge in [-0.15, -0.1) is 0 Å². The average Bonchev–Trinajstić information content (AvgIpc) is 2.51. The highest BCUT2D eigenvalue weighted by Crippen LogP contribution is 2.38. The highest BCUT2D eigenvalue weighted by molar-refractivity contribution is 5.55. The summed E-state index contributed by atoms with van der Waals surface area (Å²) in [6, 6.07) is 14.7. The molecule has 0 fully saturated rings. The molecular weight excluding hydrogens is 304 g/mol. The third kappa shape index (κ3) is 4.78. The Bertz CT molecular complexity index is 739. The summed E-state index contributed by atoms with van der Waals surface area (Å²) in [6.45, 7) is 17.8. The van der Waals surface area contributed by atoms with Gasteiger partial charge in [0.15, 0.2) is 0 Å². The average molecular weight is 337 g/mol. The minimum atomic E-state index is 0.0330. The lowest BCUT2D eigenvalue weighted by molar-refractivity contribution is 0.577. The van der Waals surface area contributed by atoms with E-state index in [1.165, 1.54) is 16.7 Å². The van der Waals surface area contributed by atoms with Crippen molar-refractivity contribution in [3.8, 4) is 0 Å². The molecule has 2 aromatic rings. The fourth-order valence-electron chi connectivity index (χ4n) is 3.08. The van der Waals surface area contributed by atoms with Crippen LogP contribution >= 0.6 is 0 Å². The Hall–Kier alpha value is -1.96. The van der Waals surface area contributed by atoms with Gasteiger partial charge in [-0.3, -0.25) is 0 Å². The molecule has 0 radical (unpaired) electrons. The Balaban J connectivity index is 2.40. The minimum absolute atomic E-state index is 0.0330. The van der Waals surface area contributed by atoms with E-state index < -0.39 is 0 Å². The van der Waals surface area contributed by atoms with Crippen LogP contribution in [0.4, 0.5) is 11.4 Å². The quantitative estimate of drug-likeness (QED) is 0.510. The van der Waals surface area contributed by atoms with Gasteiger partial charge in [-0.2, -0.15) is 10.2 Å². The number of benzene rings is 2. The summed E-state index contributed by atoms with van der Waals surface area (Å²) in [6.07, 6.45) is 0. The van der Waals surface area contributed by atoms with E-state index in [0.29, 0.717) is 5.92 Å². The molecule has 134 valence electrons. The maximum Gasteiger partial charge on any atom is 0.0897 e. The molecule has 2 heteroatoms. The van der Waals surface area contributed by atoms with Crippen molar-refractivity contribution < 1.29 is 0 Å². The van der Waals surface area contributed by atoms with Crippen molar-refractivity contribution in [1.29, 1.82) is 0 Å². The zero-order valence-corrected chi connectivity index (χ0v) is 17.0. The molecule has 0 aliphatic heterocycles. The Morgan fingerprint density at radius 3 is 1.80 bits per heavy atom. The van der Waals surface area contributed by atoms with Crippen molar-refractivity contribution in [1.82, 2.24) is 0 Å². The molecule has 0 saturated carbocycles. The number of rotatable bonds is 3. The molecule has 0 heterocycles. The van der Waals surface area contributed by atoms with Gasteiger partial charge in [0.2, 0.25) is 0 Å². The Morgan fingerprint density at radius 1 is 0.720 bits per heavy atom. The molecule has 0 aliphatic carbocycles. The number of hydrogen-bond donors (Lipinski definition) is 0. The van der Waals surface area contributed by atoms with E-state index in [1.54, 1.807) is 0 Å². The van der Waals surface area contributed by atoms with Gasteiger partial charge in [0.25, 0.3) is 0 Å². The first kappa shape index (κ1) is 19.4. The van der Waals surface area contributed by atoms with Crippen LogP contribution in [0, 0.1) is 0 Å². The first-order valence-corrected chi connectivity index (χ1v) is 9.16. The molecule has 0 amide bonds. The Kier molecular flexibility index (Phi) is 5.51. The maximum atomic E-state index is 4.60. The highest BCUT2D eigenvalue weighted by Gasteiger charge is 2.23. The van der Waals surface area contributed by atoms with E-state index in [0.717, 1.165) is 11.4 Å². The zero-order chi connectivity index (χ0) is 18.8. The first-order chi connectivity index (χ1) is 11.5. The molecule has 0 bridgehead atoms. The van der Waals surface area contributed by atoms with Crippen LogP contribution in [0.3, 0.4) is 0 Å². The second-order valence-electron chi connectivity index (χ2n) is 9.14. The predicted octanol–water partition coefficient (Wildman–Crippen LogP) is 7.82. The SMILES string of the molecule is CC(C)c1cccc(N=Nc2ccc(C(C)(C)C)cc2)c1C(C)(C)C. The van der Waals surface area contributed by atoms with Crippen LogP contribution in [0.25, 0.3) is 0 Å². The third-order valence-electron chi connectivity index (χ3n) is 4.45. The monoisotopic (exact) mass is 336 g/mol. The molecule has 25 heavy (non-hydrogen) atoms. The molecule has 0 unspecified atom stereocenters. The van der Waals surface area contributed by atoms with E-state index in [2.05, 4.69) is 96.0 Å². The Morgan fingerprint density at radius 2 is 1.32 bits per heavy atom. The van der Waals surface area contributed by atoms with Crippen LogP contribution in [0.5, 0.6) is 0 Å². The van der Waals surface area contributed by atoms with Gasteiger partial charge < -0.3 is 0 Å². The van der Waals surface area contributed by atoms with Crippen LogP contribution in [-0.4, -0.2) is 0 Å². The van der Waals surface area contributed by atoms with Gasteiger partial charge in [0, 0.05) is 0 Å². The summed E-state index contributed by atoms with van der Waals surface area (Å²) in [5.74, 6) is 0.468. The van der Waals surface area contributed by atoms with Crippen LogP contribution in [0.15, 0.2) is 52.7 Å². The van der Waals surface area contributed by atoms with E-state index in [1.807, 2.05) is 12.1 Å². The maximum absolute atomic E-state index is 4.60. The fourth-order valence-corrected chi connectivity index (χ4v) is 3.08. The smallest absolute Gasteiger partial charge is 0.0897 e. The number of nitrogens with zero attached hydrogens (tertiary/aromatic N) is 2. The molecule has 2 rings (SSSR count). The highest BCUT2D eigenvalue weighted by atomic mass is 15.1. The van der Waals surface area contributed by atoms with Crippen molar-refractivity contribution in [2.45, 2.75) is 72.1 Å². The van der Waals surface area contributed by atoms with Gasteiger partial charge >= 0.3 is 0 Å². The Labute approximate surface area is 153 Å². The van der Waals surface area contributed by atoms with E-state index in [9.17, 15) is 0 Å². The van der Waals surface area contributed by atoms with Crippen LogP contribution in [0.2, 0.25) is 0 Å². The van der Waals surface area contributed by atoms with Crippen LogP contribution < -0.4 is 0 Å². The number of azo groups is 1. The molecule has 0 aliphatic rings. The molecular formula is C23H32N2. The molecule has 0 spiro atoms. The molecule has 0 N–H and O–H groups in total. The molecule has 0 aromatic heterocycles. The van der Waals surface area contributed by atoms with Crippen LogP contribution in [-0.2, 0) is 10.8 Å². The van der Waals surface area contributed by atoms with Gasteiger partial charge in [0.1, 0.15) is 0 Å². The van der Waals surface area contributed by atoms with Crippen molar-refractivity contribution in [3.05, 3.63) is 59.2 Å². The summed E-state index contributed by atoms with van der Waals surface area (Å²) >= 11 is 0. The van der Waals surface area contributed by atoms with Crippen molar-refractivity contribution in [2.24, 2.45) is 10.2 Å². The lowest BCUT2D eigenvalue weighted by Crippen LogP contribution is -2.15. The van der Waals surface area contributed by atoms with Gasteiger partial charge in [-0.05, 0) is 51.6 Å². The number of hydrogen-bond acceptors (Lipinski definition) is 2. The summed E-state index contributed by atoms with van der Waals surface area (Å²) in [4.78, 5) is 0. The standard InChI is InChI=1S/C23H32N2/c1-16(2)19-10-9-11-20(21(19)23(6,7)8)25-24-18-14-12-17(13-15-18)22(3,4)5/h9-16H,1-8H3. The predicted molar refractivity (Wildman–Crippen MR) is 109 cm³/mol. The minimum Gasteiger partial charge on any atom is -0.151 e. The van der Waals surface area contributed by atoms with Crippen molar-refractivity contribution >= 4 is 11.4 Å². The van der Waals surface area contributed by atoms with Gasteiger partial charge in [-0.25, -0.2) is 0 Å². The topological polar surface area (TPSA) is 24.7 Å². The molecule has 0 saturated heterocycles. The molecule has 2 aromatic carbocycles. The largest absolute Gasteiger partial charge is 0.151 e. The van der Waals surface area contributed by atoms with Crippen molar-refractivity contribution in [2.75, 3.05) is 0 Å². The lowest BCUT2D eigenvalue weighted by atomic mass is 9.79. The summed E-state index contributed by atoms with van der Waals surface area (Å²) in [7, 11) is 0. The fraction of sp³-hybridized carbons (Fsp3) is 0.478. The summed E-state index contributed by atoms with van der Waals surface area (Å²) in [5.41, 5.74) is 6.00. The summed E-state index contributed by atoms with van der Waals surface area (Å²) in [5, 5.41) is 9.10. The van der Waals surface area contributed by atoms with E-state index in [-0.39, 0.29) is 10.8 Å². The van der Waals surface area contributed by atoms with E-state index >= 15 is 0 Å². The van der Waals surface area contributed by atoms with Crippen LogP contribution in [0.1, 0.15) is 78.0 Å². The second kappa shape index (κ2) is 7.11. The third-order valence-corrected chi connectivity index (χ3v) is 4.45.